The number of benzene rings is 3. The summed E-state index contributed by atoms with van der Waals surface area (Å²) >= 11 is 0. The van der Waals surface area contributed by atoms with Crippen molar-refractivity contribution >= 4 is 39.0 Å². The number of nitrogens with zero attached hydrogens (tertiary/aromatic N) is 2. The van der Waals surface area contributed by atoms with Crippen LogP contribution in [0, 0.1) is 5.92 Å². The number of furan rings is 1. The predicted octanol–water partition coefficient (Wildman–Crippen LogP) is 11.6. The zero-order valence-electron chi connectivity index (χ0n) is 30.7. The molecule has 3 aromatic carbocycles. The van der Waals surface area contributed by atoms with E-state index in [4.69, 9.17) is 9.41 Å². The minimum atomic E-state index is -0.171. The molecule has 264 valence electrons. The van der Waals surface area contributed by atoms with E-state index in [1.165, 1.54) is 50.0 Å². The molecule has 0 saturated heterocycles. The van der Waals surface area contributed by atoms with Gasteiger partial charge in [-0.3, -0.25) is 5.32 Å². The van der Waals surface area contributed by atoms with Crippen molar-refractivity contribution in [1.29, 1.82) is 0 Å². The van der Waals surface area contributed by atoms with E-state index in [0.29, 0.717) is 5.92 Å². The first-order valence-corrected chi connectivity index (χ1v) is 19.3. The SMILES string of the molecule is C/C=C\C1=C(CC)N(c2cccc(C3N=C(CCC/C=C\CC)NC(C4=CCCC(c5cccc6c5oc5ccccc56)=C4)N3)c2)C2C=CC=C[C@@H]12. The largest absolute Gasteiger partial charge is 0.455 e. The van der Waals surface area contributed by atoms with Crippen LogP contribution < -0.4 is 15.5 Å². The van der Waals surface area contributed by atoms with Crippen LogP contribution in [0.5, 0.6) is 0 Å². The van der Waals surface area contributed by atoms with Crippen LogP contribution in [0.3, 0.4) is 0 Å². The van der Waals surface area contributed by atoms with Crippen LogP contribution in [0.1, 0.15) is 83.0 Å². The Bertz CT molecular complexity index is 2200. The van der Waals surface area contributed by atoms with Gasteiger partial charge in [-0.1, -0.05) is 123 Å². The third-order valence-electron chi connectivity index (χ3n) is 10.9. The van der Waals surface area contributed by atoms with Gasteiger partial charge in [0.05, 0.1) is 6.04 Å². The maximum atomic E-state index is 6.47. The second-order valence-electron chi connectivity index (χ2n) is 14.2. The second kappa shape index (κ2) is 15.2. The van der Waals surface area contributed by atoms with E-state index in [-0.39, 0.29) is 18.4 Å². The summed E-state index contributed by atoms with van der Waals surface area (Å²) < 4.78 is 6.47. The highest BCUT2D eigenvalue weighted by Crippen LogP contribution is 2.43. The van der Waals surface area contributed by atoms with Gasteiger partial charge in [-0.25, -0.2) is 4.99 Å². The van der Waals surface area contributed by atoms with Gasteiger partial charge in [0.15, 0.2) is 0 Å². The lowest BCUT2D eigenvalue weighted by atomic mass is 9.90. The van der Waals surface area contributed by atoms with Crippen molar-refractivity contribution < 1.29 is 4.42 Å². The van der Waals surface area contributed by atoms with Crippen LogP contribution in [0.25, 0.3) is 27.5 Å². The third-order valence-corrected chi connectivity index (χ3v) is 10.9. The highest BCUT2D eigenvalue weighted by Gasteiger charge is 2.38. The maximum Gasteiger partial charge on any atom is 0.142 e. The Kier molecular flexibility index (Phi) is 9.95. The molecule has 0 amide bonds. The molecule has 52 heavy (non-hydrogen) atoms. The van der Waals surface area contributed by atoms with Crippen molar-refractivity contribution in [3.8, 4) is 0 Å². The molecule has 5 heteroatoms. The smallest absolute Gasteiger partial charge is 0.142 e. The lowest BCUT2D eigenvalue weighted by Gasteiger charge is -2.35. The van der Waals surface area contributed by atoms with Crippen LogP contribution in [-0.4, -0.2) is 18.0 Å². The number of hydrogen-bond acceptors (Lipinski definition) is 5. The number of anilines is 1. The Morgan fingerprint density at radius 1 is 0.962 bits per heavy atom. The number of hydrogen-bond donors (Lipinski definition) is 2. The monoisotopic (exact) mass is 686 g/mol. The first-order valence-electron chi connectivity index (χ1n) is 19.3. The summed E-state index contributed by atoms with van der Waals surface area (Å²) in [5, 5.41) is 10.1. The number of aliphatic imine (C=N–C) groups is 1. The van der Waals surface area contributed by atoms with Crippen LogP contribution in [0.4, 0.5) is 5.69 Å². The quantitative estimate of drug-likeness (QED) is 0.122. The van der Waals surface area contributed by atoms with Crippen molar-refractivity contribution in [2.24, 2.45) is 10.9 Å². The van der Waals surface area contributed by atoms with Crippen molar-refractivity contribution in [2.45, 2.75) is 84.1 Å². The molecule has 2 aliphatic heterocycles. The van der Waals surface area contributed by atoms with Gasteiger partial charge < -0.3 is 14.6 Å². The van der Waals surface area contributed by atoms with Crippen LogP contribution >= 0.6 is 0 Å². The molecule has 0 radical (unpaired) electrons. The highest BCUT2D eigenvalue weighted by molar-refractivity contribution is 6.08. The van der Waals surface area contributed by atoms with E-state index >= 15 is 0 Å². The molecule has 0 bridgehead atoms. The van der Waals surface area contributed by atoms with Crippen molar-refractivity contribution in [3.63, 3.8) is 0 Å². The molecule has 0 spiro atoms. The molecule has 1 aromatic heterocycles. The standard InChI is InChI=1S/C47H50N4O/c1-4-7-8-9-10-29-44-48-46(33-20-15-19-32(30-33)36-25-17-26-40-39-24-12-14-28-43(39)52-45(36)40)50-47(49-44)34-21-16-22-35(31-34)51-41(6-3)37(18-5-2)38-23-11-13-27-42(38)51/h5,7-8,11-14,16-18,20-28,30-31,38,42,46-47,50H,4,6,9-10,15,19,29H2,1-3H3,(H,48,49)/b8-7-,18-5-/t38-,42?,46?,47?/m0/s1. The molecule has 8 rings (SSSR count). The van der Waals surface area contributed by atoms with Gasteiger partial charge in [0.1, 0.15) is 29.3 Å². The topological polar surface area (TPSA) is 52.8 Å². The zero-order chi connectivity index (χ0) is 35.4. The molecule has 4 aromatic rings. The van der Waals surface area contributed by atoms with Crippen molar-refractivity contribution in [3.05, 3.63) is 155 Å². The Morgan fingerprint density at radius 2 is 1.83 bits per heavy atom. The number of fused-ring (bicyclic) bond motifs is 4. The molecule has 5 nitrogen and oxygen atoms in total. The Hall–Kier alpha value is -5.13. The lowest BCUT2D eigenvalue weighted by molar-refractivity contribution is 0.434. The fraction of sp³-hybridized carbons (Fsp3) is 0.298. The normalized spacial score (nSPS) is 23.1. The number of unbranched alkanes of at least 4 members (excludes halogenated alkanes) is 1. The molecule has 4 aliphatic rings. The molecule has 0 saturated carbocycles. The molecule has 4 atom stereocenters. The average Bonchev–Trinajstić information content (AvgIpc) is 3.73. The minimum absolute atomic E-state index is 0.0625. The number of nitrogens with one attached hydrogen (secondary N) is 2. The van der Waals surface area contributed by atoms with Gasteiger partial charge in [-0.2, -0.15) is 0 Å². The summed E-state index contributed by atoms with van der Waals surface area (Å²) in [6.07, 6.45) is 29.7. The molecule has 3 heterocycles. The zero-order valence-corrected chi connectivity index (χ0v) is 30.7. The first-order chi connectivity index (χ1) is 25.7. The van der Waals surface area contributed by atoms with Gasteiger partial charge in [-0.05, 0) is 85.9 Å². The Balaban J connectivity index is 1.12. The maximum absolute atomic E-state index is 6.47. The van der Waals surface area contributed by atoms with Crippen LogP contribution in [0.15, 0.2) is 154 Å². The van der Waals surface area contributed by atoms with Gasteiger partial charge in [-0.15, -0.1) is 0 Å². The Morgan fingerprint density at radius 3 is 2.71 bits per heavy atom. The fourth-order valence-electron chi connectivity index (χ4n) is 8.47. The van der Waals surface area contributed by atoms with E-state index in [2.05, 4.69) is 158 Å². The molecule has 2 N–H and O–H groups in total. The average molecular weight is 687 g/mol. The summed E-state index contributed by atoms with van der Waals surface area (Å²) in [7, 11) is 0. The molecular formula is C47H50N4O. The summed E-state index contributed by atoms with van der Waals surface area (Å²) in [5.74, 6) is 1.42. The second-order valence-corrected chi connectivity index (χ2v) is 14.2. The van der Waals surface area contributed by atoms with Crippen molar-refractivity contribution in [1.82, 2.24) is 10.6 Å². The summed E-state index contributed by atoms with van der Waals surface area (Å²) in [4.78, 5) is 7.89. The van der Waals surface area contributed by atoms with E-state index in [1.54, 1.807) is 0 Å². The summed E-state index contributed by atoms with van der Waals surface area (Å²) in [6.45, 7) is 6.59. The lowest BCUT2D eigenvalue weighted by Crippen LogP contribution is -2.51. The van der Waals surface area contributed by atoms with Gasteiger partial charge in [0, 0.05) is 40.1 Å². The highest BCUT2D eigenvalue weighted by atomic mass is 16.3. The Labute approximate surface area is 308 Å². The number of para-hydroxylation sites is 2. The van der Waals surface area contributed by atoms with Gasteiger partial charge in [0.2, 0.25) is 0 Å². The van der Waals surface area contributed by atoms with Gasteiger partial charge >= 0.3 is 0 Å². The predicted molar refractivity (Wildman–Crippen MR) is 219 cm³/mol. The van der Waals surface area contributed by atoms with Crippen LogP contribution in [-0.2, 0) is 0 Å². The first kappa shape index (κ1) is 34.0. The van der Waals surface area contributed by atoms with E-state index in [9.17, 15) is 0 Å². The summed E-state index contributed by atoms with van der Waals surface area (Å²) in [6, 6.07) is 24.3. The molecule has 0 fully saturated rings. The van der Waals surface area contributed by atoms with E-state index in [1.807, 2.05) is 6.07 Å². The van der Waals surface area contributed by atoms with E-state index in [0.717, 1.165) is 61.9 Å². The number of rotatable bonds is 11. The minimum Gasteiger partial charge on any atom is -0.455 e. The third kappa shape index (κ3) is 6.54. The number of allylic oxidation sites excluding steroid dienone is 9. The van der Waals surface area contributed by atoms with E-state index < -0.39 is 0 Å². The van der Waals surface area contributed by atoms with Gasteiger partial charge in [0.25, 0.3) is 0 Å². The van der Waals surface area contributed by atoms with Crippen molar-refractivity contribution in [2.75, 3.05) is 4.90 Å². The fourth-order valence-corrected chi connectivity index (χ4v) is 8.47. The molecule has 2 aliphatic carbocycles. The molecular weight excluding hydrogens is 637 g/mol. The number of amidine groups is 1. The summed E-state index contributed by atoms with van der Waals surface area (Å²) in [5.41, 5.74) is 10.9. The van der Waals surface area contributed by atoms with Crippen LogP contribution in [0.2, 0.25) is 0 Å². The molecule has 3 unspecified atom stereocenters.